The van der Waals surface area contributed by atoms with Gasteiger partial charge in [0.15, 0.2) is 0 Å². The minimum Gasteiger partial charge on any atom is -0.365 e. The van der Waals surface area contributed by atoms with Crippen LogP contribution in [0.5, 0.6) is 0 Å². The molecule has 2 aliphatic rings. The molecule has 2 nitrogen and oxygen atoms in total. The highest BCUT2D eigenvalue weighted by Crippen LogP contribution is 2.39. The molecule has 3 heterocycles. The van der Waals surface area contributed by atoms with E-state index in [4.69, 9.17) is 0 Å². The molecule has 1 aromatic rings. The molecule has 1 N–H and O–H groups in total. The quantitative estimate of drug-likeness (QED) is 0.827. The summed E-state index contributed by atoms with van der Waals surface area (Å²) in [5.41, 5.74) is 1.46. The molecule has 2 unspecified atom stereocenters. The Morgan fingerprint density at radius 1 is 1.33 bits per heavy atom. The molecule has 2 atom stereocenters. The number of hydrogen-bond donors (Lipinski definition) is 1. The third kappa shape index (κ3) is 1.58. The van der Waals surface area contributed by atoms with E-state index in [1.807, 2.05) is 11.3 Å². The number of hydrogen-bond acceptors (Lipinski definition) is 3. The molecule has 1 aromatic heterocycles. The molecule has 3 rings (SSSR count). The molecular weight excluding hydrogens is 204 g/mol. The second kappa shape index (κ2) is 3.80. The van der Waals surface area contributed by atoms with Crippen molar-refractivity contribution in [3.05, 3.63) is 16.8 Å². The van der Waals surface area contributed by atoms with E-state index in [1.54, 1.807) is 0 Å². The minimum atomic E-state index is 0.748. The van der Waals surface area contributed by atoms with Gasteiger partial charge in [-0.3, -0.25) is 0 Å². The van der Waals surface area contributed by atoms with Gasteiger partial charge in [-0.05, 0) is 44.2 Å². The first-order valence-electron chi connectivity index (χ1n) is 5.86. The van der Waals surface area contributed by atoms with Gasteiger partial charge in [-0.25, -0.2) is 0 Å². The molecule has 0 amide bonds. The Labute approximate surface area is 95.3 Å². The van der Waals surface area contributed by atoms with Crippen molar-refractivity contribution in [3.63, 3.8) is 0 Å². The van der Waals surface area contributed by atoms with Crippen LogP contribution < -0.4 is 10.2 Å². The van der Waals surface area contributed by atoms with Crippen LogP contribution in [0.15, 0.2) is 16.8 Å². The number of nitrogens with zero attached hydrogens (tertiary/aromatic N) is 1. The number of fused-ring (bicyclic) bond motifs is 2. The number of piperidine rings is 1. The Morgan fingerprint density at radius 2 is 2.07 bits per heavy atom. The summed E-state index contributed by atoms with van der Waals surface area (Å²) in [4.78, 5) is 2.67. The van der Waals surface area contributed by atoms with Crippen LogP contribution in [0.25, 0.3) is 0 Å². The Balaban J connectivity index is 1.83. The van der Waals surface area contributed by atoms with Crippen LogP contribution >= 0.6 is 11.3 Å². The van der Waals surface area contributed by atoms with Crippen molar-refractivity contribution in [1.82, 2.24) is 5.32 Å². The van der Waals surface area contributed by atoms with Crippen molar-refractivity contribution in [2.45, 2.75) is 43.8 Å². The smallest absolute Gasteiger partial charge is 0.0479 e. The first-order chi connectivity index (χ1) is 7.38. The van der Waals surface area contributed by atoms with Gasteiger partial charge in [-0.15, -0.1) is 0 Å². The summed E-state index contributed by atoms with van der Waals surface area (Å²) in [5, 5.41) is 7.94. The molecule has 0 radical (unpaired) electrons. The first kappa shape index (κ1) is 9.67. The standard InChI is InChI=1S/C12H18N2S/c1-13-9-6-10-2-3-11(7-9)14(10)12-4-5-15-8-12/h4-5,8-11,13H,2-3,6-7H2,1H3. The lowest BCUT2D eigenvalue weighted by Crippen LogP contribution is -2.48. The molecule has 2 bridgehead atoms. The molecule has 0 spiro atoms. The molecule has 0 aliphatic carbocycles. The van der Waals surface area contributed by atoms with Gasteiger partial charge in [0.2, 0.25) is 0 Å². The molecule has 2 fully saturated rings. The van der Waals surface area contributed by atoms with E-state index in [9.17, 15) is 0 Å². The summed E-state index contributed by atoms with van der Waals surface area (Å²) < 4.78 is 0. The van der Waals surface area contributed by atoms with E-state index >= 15 is 0 Å². The monoisotopic (exact) mass is 222 g/mol. The minimum absolute atomic E-state index is 0.748. The largest absolute Gasteiger partial charge is 0.365 e. The van der Waals surface area contributed by atoms with Crippen molar-refractivity contribution in [2.75, 3.05) is 11.9 Å². The summed E-state index contributed by atoms with van der Waals surface area (Å²) in [5.74, 6) is 0. The number of nitrogens with one attached hydrogen (secondary N) is 1. The van der Waals surface area contributed by atoms with Crippen molar-refractivity contribution < 1.29 is 0 Å². The van der Waals surface area contributed by atoms with Gasteiger partial charge in [-0.2, -0.15) is 11.3 Å². The molecule has 0 aromatic carbocycles. The van der Waals surface area contributed by atoms with Gasteiger partial charge in [0.1, 0.15) is 0 Å². The summed E-state index contributed by atoms with van der Waals surface area (Å²) in [6.45, 7) is 0. The van der Waals surface area contributed by atoms with E-state index in [-0.39, 0.29) is 0 Å². The van der Waals surface area contributed by atoms with Crippen LogP contribution in [-0.2, 0) is 0 Å². The van der Waals surface area contributed by atoms with Crippen molar-refractivity contribution in [3.8, 4) is 0 Å². The SMILES string of the molecule is CNC1CC2CCC(C1)N2c1ccsc1. The zero-order chi connectivity index (χ0) is 10.3. The molecular formula is C12H18N2S. The summed E-state index contributed by atoms with van der Waals surface area (Å²) in [7, 11) is 2.10. The van der Waals surface area contributed by atoms with E-state index < -0.39 is 0 Å². The van der Waals surface area contributed by atoms with Crippen LogP contribution in [0.2, 0.25) is 0 Å². The van der Waals surface area contributed by atoms with Crippen molar-refractivity contribution >= 4 is 17.0 Å². The van der Waals surface area contributed by atoms with Gasteiger partial charge in [0, 0.05) is 29.2 Å². The maximum atomic E-state index is 3.45. The summed E-state index contributed by atoms with van der Waals surface area (Å²) in [6.07, 6.45) is 5.42. The highest BCUT2D eigenvalue weighted by Gasteiger charge is 2.40. The molecule has 82 valence electrons. The van der Waals surface area contributed by atoms with Gasteiger partial charge in [0.25, 0.3) is 0 Å². The average Bonchev–Trinajstić information content (AvgIpc) is 2.84. The highest BCUT2D eigenvalue weighted by molar-refractivity contribution is 7.08. The Morgan fingerprint density at radius 3 is 2.60 bits per heavy atom. The average molecular weight is 222 g/mol. The fourth-order valence-electron chi connectivity index (χ4n) is 3.24. The number of anilines is 1. The highest BCUT2D eigenvalue weighted by atomic mass is 32.1. The maximum absolute atomic E-state index is 3.45. The normalized spacial score (nSPS) is 34.7. The fourth-order valence-corrected chi connectivity index (χ4v) is 3.87. The zero-order valence-electron chi connectivity index (χ0n) is 9.15. The van der Waals surface area contributed by atoms with Crippen LogP contribution in [0.4, 0.5) is 5.69 Å². The third-order valence-electron chi connectivity index (χ3n) is 3.95. The van der Waals surface area contributed by atoms with Gasteiger partial charge < -0.3 is 10.2 Å². The third-order valence-corrected chi connectivity index (χ3v) is 4.62. The maximum Gasteiger partial charge on any atom is 0.0479 e. The predicted molar refractivity (Wildman–Crippen MR) is 65.7 cm³/mol. The van der Waals surface area contributed by atoms with E-state index in [0.717, 1.165) is 18.1 Å². The van der Waals surface area contributed by atoms with Crippen molar-refractivity contribution in [1.29, 1.82) is 0 Å². The van der Waals surface area contributed by atoms with Crippen LogP contribution in [0, 0.1) is 0 Å². The lowest BCUT2D eigenvalue weighted by atomic mass is 9.97. The Hall–Kier alpha value is -0.540. The fraction of sp³-hybridized carbons (Fsp3) is 0.667. The summed E-state index contributed by atoms with van der Waals surface area (Å²) >= 11 is 1.81. The van der Waals surface area contributed by atoms with Crippen LogP contribution in [0.3, 0.4) is 0 Å². The Kier molecular flexibility index (Phi) is 2.45. The molecule has 15 heavy (non-hydrogen) atoms. The molecule has 2 aliphatic heterocycles. The zero-order valence-corrected chi connectivity index (χ0v) is 9.96. The molecule has 3 heteroatoms. The second-order valence-electron chi connectivity index (χ2n) is 4.73. The summed E-state index contributed by atoms with van der Waals surface area (Å²) in [6, 6.07) is 4.60. The van der Waals surface area contributed by atoms with Crippen molar-refractivity contribution in [2.24, 2.45) is 0 Å². The van der Waals surface area contributed by atoms with Gasteiger partial charge in [0.05, 0.1) is 0 Å². The van der Waals surface area contributed by atoms with Gasteiger partial charge in [-0.1, -0.05) is 0 Å². The lowest BCUT2D eigenvalue weighted by molar-refractivity contribution is 0.374. The van der Waals surface area contributed by atoms with Gasteiger partial charge >= 0.3 is 0 Å². The second-order valence-corrected chi connectivity index (χ2v) is 5.51. The molecule has 0 saturated carbocycles. The number of rotatable bonds is 2. The first-order valence-corrected chi connectivity index (χ1v) is 6.80. The van der Waals surface area contributed by atoms with Crippen LogP contribution in [-0.4, -0.2) is 25.2 Å². The Bertz CT molecular complexity index is 308. The number of thiophene rings is 1. The lowest BCUT2D eigenvalue weighted by Gasteiger charge is -2.40. The van der Waals surface area contributed by atoms with E-state index in [2.05, 4.69) is 34.1 Å². The molecule has 2 saturated heterocycles. The predicted octanol–water partition coefficient (Wildman–Crippen LogP) is 2.47. The van der Waals surface area contributed by atoms with E-state index in [0.29, 0.717) is 0 Å². The van der Waals surface area contributed by atoms with E-state index in [1.165, 1.54) is 31.4 Å². The topological polar surface area (TPSA) is 15.3 Å². The van der Waals surface area contributed by atoms with Crippen LogP contribution in [0.1, 0.15) is 25.7 Å².